The Labute approximate surface area is 132 Å². The Hall–Kier alpha value is -1.77. The molecule has 0 spiro atoms. The number of rotatable bonds is 3. The monoisotopic (exact) mass is 334 g/mol. The molecular weight excluding hydrogens is 313 g/mol. The minimum Gasteiger partial charge on any atom is -0.359 e. The second-order valence-corrected chi connectivity index (χ2v) is 6.29. The molecule has 1 aromatic rings. The predicted molar refractivity (Wildman–Crippen MR) is 76.9 cm³/mol. The molecule has 1 N–H and O–H groups in total. The summed E-state index contributed by atoms with van der Waals surface area (Å²) in [5.74, 6) is 0. The second-order valence-electron chi connectivity index (χ2n) is 6.29. The van der Waals surface area contributed by atoms with E-state index in [2.05, 4.69) is 10.4 Å². The quantitative estimate of drug-likeness (QED) is 0.916. The number of morpholine rings is 1. The molecule has 0 bridgehead atoms. The summed E-state index contributed by atoms with van der Waals surface area (Å²) in [5.41, 5.74) is -0.0951. The Balaban J connectivity index is 1.89. The summed E-state index contributed by atoms with van der Waals surface area (Å²) >= 11 is 0. The Morgan fingerprint density at radius 3 is 2.78 bits per heavy atom. The van der Waals surface area contributed by atoms with Crippen LogP contribution in [0.25, 0.3) is 0 Å². The molecule has 0 unspecified atom stereocenters. The van der Waals surface area contributed by atoms with Gasteiger partial charge in [-0.25, -0.2) is 4.79 Å². The molecule has 130 valence electrons. The van der Waals surface area contributed by atoms with Crippen molar-refractivity contribution in [3.63, 3.8) is 0 Å². The molecule has 9 heteroatoms. The number of halogens is 3. The fourth-order valence-electron chi connectivity index (χ4n) is 2.54. The van der Waals surface area contributed by atoms with E-state index in [-0.39, 0.29) is 6.54 Å². The summed E-state index contributed by atoms with van der Waals surface area (Å²) in [6.07, 6.45) is -2.38. The third-order valence-corrected chi connectivity index (χ3v) is 3.52. The number of aromatic nitrogens is 2. The first-order valence-corrected chi connectivity index (χ1v) is 7.32. The van der Waals surface area contributed by atoms with E-state index in [1.54, 1.807) is 31.8 Å². The maximum Gasteiger partial charge on any atom is 0.416 e. The maximum atomic E-state index is 12.9. The lowest BCUT2D eigenvalue weighted by Gasteiger charge is -2.43. The van der Waals surface area contributed by atoms with Crippen LogP contribution in [0, 0.1) is 0 Å². The van der Waals surface area contributed by atoms with E-state index >= 15 is 0 Å². The van der Waals surface area contributed by atoms with Crippen molar-refractivity contribution in [2.45, 2.75) is 38.1 Å². The fourth-order valence-corrected chi connectivity index (χ4v) is 2.54. The maximum absolute atomic E-state index is 12.9. The van der Waals surface area contributed by atoms with Gasteiger partial charge in [0.15, 0.2) is 6.10 Å². The molecule has 1 saturated heterocycles. The number of urea groups is 1. The SMILES string of the molecule is Cn1cc(CCNC(=O)N2C[C@H](C(F)(F)F)OC(C)(C)C2)cn1. The summed E-state index contributed by atoms with van der Waals surface area (Å²) in [7, 11) is 1.79. The molecular formula is C14H21F3N4O2. The van der Waals surface area contributed by atoms with Crippen LogP contribution in [0.4, 0.5) is 18.0 Å². The van der Waals surface area contributed by atoms with E-state index in [0.717, 1.165) is 10.5 Å². The summed E-state index contributed by atoms with van der Waals surface area (Å²) in [6.45, 7) is 3.03. The van der Waals surface area contributed by atoms with Gasteiger partial charge in [0.05, 0.1) is 24.9 Å². The number of ether oxygens (including phenoxy) is 1. The van der Waals surface area contributed by atoms with Crippen molar-refractivity contribution in [3.05, 3.63) is 18.0 Å². The van der Waals surface area contributed by atoms with Gasteiger partial charge in [0.2, 0.25) is 0 Å². The van der Waals surface area contributed by atoms with E-state index in [0.29, 0.717) is 13.0 Å². The first-order valence-electron chi connectivity index (χ1n) is 7.32. The van der Waals surface area contributed by atoms with Crippen LogP contribution < -0.4 is 5.32 Å². The lowest BCUT2D eigenvalue weighted by atomic mass is 10.1. The number of amides is 2. The molecule has 23 heavy (non-hydrogen) atoms. The van der Waals surface area contributed by atoms with E-state index in [1.165, 1.54) is 0 Å². The van der Waals surface area contributed by atoms with Crippen LogP contribution in [0.3, 0.4) is 0 Å². The molecule has 2 amide bonds. The molecule has 1 atom stereocenters. The number of carbonyl (C=O) groups is 1. The zero-order valence-corrected chi connectivity index (χ0v) is 13.4. The zero-order chi connectivity index (χ0) is 17.3. The van der Waals surface area contributed by atoms with Gasteiger partial charge in [-0.1, -0.05) is 0 Å². The van der Waals surface area contributed by atoms with E-state index < -0.39 is 30.5 Å². The third kappa shape index (κ3) is 4.85. The van der Waals surface area contributed by atoms with Crippen LogP contribution in [0.5, 0.6) is 0 Å². The average Bonchev–Trinajstić information content (AvgIpc) is 2.81. The number of nitrogens with zero attached hydrogens (tertiary/aromatic N) is 3. The topological polar surface area (TPSA) is 59.4 Å². The van der Waals surface area contributed by atoms with Crippen LogP contribution in [0.2, 0.25) is 0 Å². The van der Waals surface area contributed by atoms with Gasteiger partial charge in [0.25, 0.3) is 0 Å². The Kier molecular flexibility index (Phi) is 4.88. The molecule has 1 aliphatic heterocycles. The lowest BCUT2D eigenvalue weighted by Crippen LogP contribution is -2.60. The highest BCUT2D eigenvalue weighted by atomic mass is 19.4. The summed E-state index contributed by atoms with van der Waals surface area (Å²) < 4.78 is 45.4. The number of alkyl halides is 3. The highest BCUT2D eigenvalue weighted by Crippen LogP contribution is 2.31. The Morgan fingerprint density at radius 1 is 1.52 bits per heavy atom. The molecule has 0 radical (unpaired) electrons. The summed E-state index contributed by atoms with van der Waals surface area (Å²) in [5, 5.41) is 6.66. The Bertz CT molecular complexity index is 556. The fraction of sp³-hybridized carbons (Fsp3) is 0.714. The molecule has 0 aliphatic carbocycles. The van der Waals surface area contributed by atoms with Crippen LogP contribution in [0.1, 0.15) is 19.4 Å². The molecule has 6 nitrogen and oxygen atoms in total. The van der Waals surface area contributed by atoms with Gasteiger partial charge in [-0.2, -0.15) is 18.3 Å². The zero-order valence-electron chi connectivity index (χ0n) is 13.4. The normalized spacial score (nSPS) is 21.3. The molecule has 0 aromatic carbocycles. The molecule has 2 rings (SSSR count). The highest BCUT2D eigenvalue weighted by molar-refractivity contribution is 5.74. The van der Waals surface area contributed by atoms with Gasteiger partial charge in [0, 0.05) is 19.8 Å². The van der Waals surface area contributed by atoms with Gasteiger partial charge >= 0.3 is 12.2 Å². The van der Waals surface area contributed by atoms with Crippen molar-refractivity contribution in [1.82, 2.24) is 20.0 Å². The van der Waals surface area contributed by atoms with Crippen molar-refractivity contribution in [2.75, 3.05) is 19.6 Å². The van der Waals surface area contributed by atoms with Gasteiger partial charge in [-0.3, -0.25) is 4.68 Å². The van der Waals surface area contributed by atoms with E-state index in [4.69, 9.17) is 4.74 Å². The van der Waals surface area contributed by atoms with E-state index in [1.807, 2.05) is 6.20 Å². The third-order valence-electron chi connectivity index (χ3n) is 3.52. The molecule has 2 heterocycles. The standard InChI is InChI=1S/C14H21F3N4O2/c1-13(2)9-21(8-11(23-13)14(15,16)17)12(22)18-5-4-10-6-19-20(3)7-10/h6-7,11H,4-5,8-9H2,1-3H3,(H,18,22)/t11-/m1/s1. The van der Waals surface area contributed by atoms with Gasteiger partial charge in [-0.05, 0) is 25.8 Å². The molecule has 1 aliphatic rings. The van der Waals surface area contributed by atoms with Gasteiger partial charge in [0.1, 0.15) is 0 Å². The first-order chi connectivity index (χ1) is 10.6. The summed E-state index contributed by atoms with van der Waals surface area (Å²) in [6, 6.07) is -0.514. The number of nitrogens with one attached hydrogen (secondary N) is 1. The smallest absolute Gasteiger partial charge is 0.359 e. The largest absolute Gasteiger partial charge is 0.416 e. The minimum atomic E-state index is -4.49. The molecule has 0 saturated carbocycles. The average molecular weight is 334 g/mol. The van der Waals surface area contributed by atoms with Gasteiger partial charge < -0.3 is 15.0 Å². The molecule has 1 fully saturated rings. The highest BCUT2D eigenvalue weighted by Gasteiger charge is 2.49. The van der Waals surface area contributed by atoms with Crippen LogP contribution in [-0.4, -0.2) is 58.2 Å². The van der Waals surface area contributed by atoms with E-state index in [9.17, 15) is 18.0 Å². The number of hydrogen-bond acceptors (Lipinski definition) is 3. The number of aryl methyl sites for hydroxylation is 1. The van der Waals surface area contributed by atoms with Crippen molar-refractivity contribution < 1.29 is 22.7 Å². The number of carbonyl (C=O) groups excluding carboxylic acids is 1. The van der Waals surface area contributed by atoms with Crippen LogP contribution in [0.15, 0.2) is 12.4 Å². The van der Waals surface area contributed by atoms with Crippen LogP contribution >= 0.6 is 0 Å². The number of hydrogen-bond donors (Lipinski definition) is 1. The van der Waals surface area contributed by atoms with Crippen molar-refractivity contribution in [1.29, 1.82) is 0 Å². The Morgan fingerprint density at radius 2 is 2.22 bits per heavy atom. The second kappa shape index (κ2) is 6.38. The van der Waals surface area contributed by atoms with Crippen molar-refractivity contribution >= 4 is 6.03 Å². The van der Waals surface area contributed by atoms with Crippen molar-refractivity contribution in [3.8, 4) is 0 Å². The van der Waals surface area contributed by atoms with Gasteiger partial charge in [-0.15, -0.1) is 0 Å². The predicted octanol–water partition coefficient (Wildman–Crippen LogP) is 1.71. The minimum absolute atomic E-state index is 0.109. The van der Waals surface area contributed by atoms with Crippen LogP contribution in [-0.2, 0) is 18.2 Å². The first kappa shape index (κ1) is 17.6. The summed E-state index contributed by atoms with van der Waals surface area (Å²) in [4.78, 5) is 13.3. The molecule has 1 aromatic heterocycles. The van der Waals surface area contributed by atoms with Crippen molar-refractivity contribution in [2.24, 2.45) is 7.05 Å². The lowest BCUT2D eigenvalue weighted by molar-refractivity contribution is -0.267.